The summed E-state index contributed by atoms with van der Waals surface area (Å²) >= 11 is 0. The zero-order chi connectivity index (χ0) is 30.1. The first-order chi connectivity index (χ1) is 20.6. The molecule has 0 atom stereocenters. The van der Waals surface area contributed by atoms with Gasteiger partial charge in [0.1, 0.15) is 11.5 Å². The SMILES string of the molecule is CCCCCCCCCCCCOc1ccc(N=Nc2ccc(OCCCCCCCCCCCC)c(C)c2)cc1C. The number of hydrogen-bond acceptors (Lipinski definition) is 4. The Balaban J connectivity index is 1.61. The standard InChI is InChI=1S/C38H62N2O2/c1-5-7-9-11-13-15-17-19-21-23-29-41-37-27-25-35(31-33(37)3)39-40-36-26-28-38(34(4)32-36)42-30-24-22-20-18-16-14-12-10-8-6-2/h25-28,31-32H,5-24,29-30H2,1-4H3. The van der Waals surface area contributed by atoms with Crippen molar-refractivity contribution in [3.63, 3.8) is 0 Å². The first-order valence-electron chi connectivity index (χ1n) is 17.5. The molecule has 0 aliphatic carbocycles. The zero-order valence-electron chi connectivity index (χ0n) is 27.7. The molecule has 0 saturated carbocycles. The summed E-state index contributed by atoms with van der Waals surface area (Å²) in [6.45, 7) is 10.3. The first-order valence-corrected chi connectivity index (χ1v) is 17.5. The first kappa shape index (κ1) is 35.8. The summed E-state index contributed by atoms with van der Waals surface area (Å²) in [5, 5.41) is 8.94. The molecule has 0 radical (unpaired) electrons. The molecule has 0 fully saturated rings. The topological polar surface area (TPSA) is 43.2 Å². The molecule has 0 N–H and O–H groups in total. The van der Waals surface area contributed by atoms with E-state index in [1.165, 1.54) is 116 Å². The highest BCUT2D eigenvalue weighted by atomic mass is 16.5. The van der Waals surface area contributed by atoms with Gasteiger partial charge in [0.15, 0.2) is 0 Å². The van der Waals surface area contributed by atoms with Gasteiger partial charge in [-0.3, -0.25) is 0 Å². The Bertz CT molecular complexity index is 894. The molecular formula is C38H62N2O2. The van der Waals surface area contributed by atoms with Gasteiger partial charge in [-0.15, -0.1) is 0 Å². The molecule has 42 heavy (non-hydrogen) atoms. The largest absolute Gasteiger partial charge is 0.493 e. The molecule has 0 spiro atoms. The molecule has 0 aliphatic rings. The number of benzene rings is 2. The van der Waals surface area contributed by atoms with Crippen LogP contribution in [0.25, 0.3) is 0 Å². The lowest BCUT2D eigenvalue weighted by Gasteiger charge is -2.10. The van der Waals surface area contributed by atoms with Gasteiger partial charge in [0.25, 0.3) is 0 Å². The lowest BCUT2D eigenvalue weighted by molar-refractivity contribution is 0.302. The van der Waals surface area contributed by atoms with Crippen LogP contribution in [0.3, 0.4) is 0 Å². The molecule has 2 aromatic carbocycles. The van der Waals surface area contributed by atoms with Crippen molar-refractivity contribution < 1.29 is 9.47 Å². The van der Waals surface area contributed by atoms with E-state index in [0.29, 0.717) is 0 Å². The predicted molar refractivity (Wildman–Crippen MR) is 181 cm³/mol. The highest BCUT2D eigenvalue weighted by molar-refractivity contribution is 5.49. The maximum atomic E-state index is 6.05. The minimum Gasteiger partial charge on any atom is -0.493 e. The monoisotopic (exact) mass is 578 g/mol. The Morgan fingerprint density at radius 1 is 0.429 bits per heavy atom. The van der Waals surface area contributed by atoms with Crippen LogP contribution in [0.2, 0.25) is 0 Å². The lowest BCUT2D eigenvalue weighted by Crippen LogP contribution is -1.98. The zero-order valence-corrected chi connectivity index (χ0v) is 27.7. The highest BCUT2D eigenvalue weighted by Crippen LogP contribution is 2.28. The Labute approximate surface area is 259 Å². The Hall–Kier alpha value is -2.36. The molecule has 2 rings (SSSR count). The number of ether oxygens (including phenoxy) is 2. The van der Waals surface area contributed by atoms with Crippen LogP contribution >= 0.6 is 0 Å². The van der Waals surface area contributed by atoms with Gasteiger partial charge in [0, 0.05) is 0 Å². The van der Waals surface area contributed by atoms with E-state index in [-0.39, 0.29) is 0 Å². The van der Waals surface area contributed by atoms with Gasteiger partial charge >= 0.3 is 0 Å². The van der Waals surface area contributed by atoms with E-state index in [9.17, 15) is 0 Å². The fourth-order valence-corrected chi connectivity index (χ4v) is 5.37. The van der Waals surface area contributed by atoms with Crippen LogP contribution in [0.5, 0.6) is 11.5 Å². The van der Waals surface area contributed by atoms with Crippen LogP contribution in [0, 0.1) is 13.8 Å². The molecule has 0 aromatic heterocycles. The summed E-state index contributed by atoms with van der Waals surface area (Å²) in [5.74, 6) is 1.90. The lowest BCUT2D eigenvalue weighted by atomic mass is 10.1. The molecule has 0 unspecified atom stereocenters. The van der Waals surface area contributed by atoms with Gasteiger partial charge in [0.05, 0.1) is 24.6 Å². The Kier molecular flexibility index (Phi) is 20.6. The summed E-state index contributed by atoms with van der Waals surface area (Å²) in [6, 6.07) is 12.1. The van der Waals surface area contributed by atoms with E-state index < -0.39 is 0 Å². The quantitative estimate of drug-likeness (QED) is 0.0823. The number of unbranched alkanes of at least 4 members (excludes halogenated alkanes) is 18. The smallest absolute Gasteiger partial charge is 0.122 e. The van der Waals surface area contributed by atoms with Crippen molar-refractivity contribution in [1.82, 2.24) is 0 Å². The molecule has 0 amide bonds. The summed E-state index contributed by atoms with van der Waals surface area (Å²) in [7, 11) is 0. The van der Waals surface area contributed by atoms with Gasteiger partial charge < -0.3 is 9.47 Å². The van der Waals surface area contributed by atoms with E-state index in [0.717, 1.165) is 60.1 Å². The van der Waals surface area contributed by atoms with Crippen LogP contribution in [-0.4, -0.2) is 13.2 Å². The molecule has 0 heterocycles. The van der Waals surface area contributed by atoms with E-state index in [1.807, 2.05) is 36.4 Å². The van der Waals surface area contributed by atoms with E-state index in [2.05, 4.69) is 37.9 Å². The number of aryl methyl sites for hydroxylation is 2. The molecule has 0 aliphatic heterocycles. The minimum atomic E-state index is 0.783. The van der Waals surface area contributed by atoms with Crippen molar-refractivity contribution in [2.45, 2.75) is 156 Å². The third-order valence-corrected chi connectivity index (χ3v) is 8.11. The van der Waals surface area contributed by atoms with Crippen LogP contribution in [0.4, 0.5) is 11.4 Å². The second kappa shape index (κ2) is 24.1. The number of hydrogen-bond donors (Lipinski definition) is 0. The third-order valence-electron chi connectivity index (χ3n) is 8.11. The molecule has 236 valence electrons. The van der Waals surface area contributed by atoms with Gasteiger partial charge in [-0.2, -0.15) is 10.2 Å². The maximum absolute atomic E-state index is 6.05. The third kappa shape index (κ3) is 16.9. The van der Waals surface area contributed by atoms with Gasteiger partial charge in [-0.05, 0) is 74.2 Å². The van der Waals surface area contributed by atoms with E-state index in [1.54, 1.807) is 0 Å². The molecule has 0 saturated heterocycles. The number of azo groups is 1. The highest BCUT2D eigenvalue weighted by Gasteiger charge is 2.04. The van der Waals surface area contributed by atoms with Gasteiger partial charge in [-0.25, -0.2) is 0 Å². The number of rotatable bonds is 26. The fraction of sp³-hybridized carbons (Fsp3) is 0.684. The molecular weight excluding hydrogens is 516 g/mol. The molecule has 2 aromatic rings. The second-order valence-corrected chi connectivity index (χ2v) is 12.2. The summed E-state index contributed by atoms with van der Waals surface area (Å²) in [4.78, 5) is 0. The molecule has 4 nitrogen and oxygen atoms in total. The summed E-state index contributed by atoms with van der Waals surface area (Å²) in [6.07, 6.45) is 26.8. The van der Waals surface area contributed by atoms with Gasteiger partial charge in [-0.1, -0.05) is 129 Å². The van der Waals surface area contributed by atoms with Crippen molar-refractivity contribution in [1.29, 1.82) is 0 Å². The average Bonchev–Trinajstić information content (AvgIpc) is 2.99. The van der Waals surface area contributed by atoms with Crippen LogP contribution in [0.15, 0.2) is 46.6 Å². The summed E-state index contributed by atoms with van der Waals surface area (Å²) in [5.41, 5.74) is 3.89. The number of nitrogens with zero attached hydrogens (tertiary/aromatic N) is 2. The molecule has 0 bridgehead atoms. The minimum absolute atomic E-state index is 0.783. The van der Waals surface area contributed by atoms with Gasteiger partial charge in [0.2, 0.25) is 0 Å². The Morgan fingerprint density at radius 2 is 0.738 bits per heavy atom. The second-order valence-electron chi connectivity index (χ2n) is 12.2. The van der Waals surface area contributed by atoms with Crippen LogP contribution in [-0.2, 0) is 0 Å². The van der Waals surface area contributed by atoms with E-state index in [4.69, 9.17) is 9.47 Å². The normalized spacial score (nSPS) is 11.4. The average molecular weight is 579 g/mol. The predicted octanol–water partition coefficient (Wildman–Crippen LogP) is 13.3. The maximum Gasteiger partial charge on any atom is 0.122 e. The van der Waals surface area contributed by atoms with Crippen molar-refractivity contribution in [2.24, 2.45) is 10.2 Å². The van der Waals surface area contributed by atoms with Crippen molar-refractivity contribution >= 4 is 11.4 Å². The molecule has 4 heteroatoms. The van der Waals surface area contributed by atoms with Crippen molar-refractivity contribution in [2.75, 3.05) is 13.2 Å². The van der Waals surface area contributed by atoms with E-state index >= 15 is 0 Å². The van der Waals surface area contributed by atoms with Crippen molar-refractivity contribution in [3.8, 4) is 11.5 Å². The van der Waals surface area contributed by atoms with Crippen LogP contribution in [0.1, 0.15) is 153 Å². The Morgan fingerprint density at radius 3 is 1.05 bits per heavy atom. The summed E-state index contributed by atoms with van der Waals surface area (Å²) < 4.78 is 12.1. The van der Waals surface area contributed by atoms with Crippen LogP contribution < -0.4 is 9.47 Å². The fourth-order valence-electron chi connectivity index (χ4n) is 5.37. The van der Waals surface area contributed by atoms with Crippen molar-refractivity contribution in [3.05, 3.63) is 47.5 Å².